The normalized spacial score (nSPS) is 15.7. The molecular formula is C24H27ClN2O3. The predicted molar refractivity (Wildman–Crippen MR) is 119 cm³/mol. The molecule has 6 heteroatoms. The minimum Gasteiger partial charge on any atom is -0.408 e. The second-order valence-corrected chi connectivity index (χ2v) is 8.61. The first kappa shape index (κ1) is 20.9. The number of benzene rings is 2. The average Bonchev–Trinajstić information content (AvgIpc) is 3.05. The number of aromatic nitrogens is 1. The Hall–Kier alpha value is -2.37. The Labute approximate surface area is 181 Å². The molecule has 2 heterocycles. The number of Topliss-reactive ketones (excluding diaryl/α,β-unsaturated/α-hetero) is 1. The van der Waals surface area contributed by atoms with Gasteiger partial charge in [0.15, 0.2) is 11.4 Å². The third kappa shape index (κ3) is 4.68. The summed E-state index contributed by atoms with van der Waals surface area (Å²) in [5, 5.41) is 0.662. The topological polar surface area (TPSA) is 55.5 Å². The molecule has 4 rings (SSSR count). The van der Waals surface area contributed by atoms with Gasteiger partial charge in [0.05, 0.1) is 5.52 Å². The highest BCUT2D eigenvalue weighted by molar-refractivity contribution is 6.30. The molecule has 0 N–H and O–H groups in total. The Balaban J connectivity index is 1.20. The van der Waals surface area contributed by atoms with Crippen LogP contribution in [-0.2, 0) is 13.5 Å². The smallest absolute Gasteiger partial charge is 0.408 e. The standard InChI is InChI=1S/C24H27ClN2O3/c1-26-21-10-5-17(16-22(21)30-24(26)29)4-2-3-13-27-14-11-19(12-15-27)23(28)18-6-8-20(25)9-7-18/h5-10,16,19H,2-4,11-15H2,1H3. The summed E-state index contributed by atoms with van der Waals surface area (Å²) in [6, 6.07) is 13.2. The second-order valence-electron chi connectivity index (χ2n) is 8.17. The van der Waals surface area contributed by atoms with Crippen molar-refractivity contribution < 1.29 is 9.21 Å². The Morgan fingerprint density at radius 3 is 2.57 bits per heavy atom. The molecule has 0 bridgehead atoms. The number of aryl methyl sites for hydroxylation is 2. The number of piperidine rings is 1. The van der Waals surface area contributed by atoms with Gasteiger partial charge in [0.2, 0.25) is 0 Å². The quantitative estimate of drug-likeness (QED) is 0.406. The van der Waals surface area contributed by atoms with E-state index < -0.39 is 0 Å². The number of halogens is 1. The van der Waals surface area contributed by atoms with Gasteiger partial charge in [0.25, 0.3) is 0 Å². The van der Waals surface area contributed by atoms with E-state index >= 15 is 0 Å². The molecule has 30 heavy (non-hydrogen) atoms. The molecule has 5 nitrogen and oxygen atoms in total. The fourth-order valence-corrected chi connectivity index (χ4v) is 4.39. The molecule has 0 aliphatic carbocycles. The number of likely N-dealkylation sites (tertiary alicyclic amines) is 1. The number of hydrogen-bond donors (Lipinski definition) is 0. The minimum atomic E-state index is -0.319. The number of ketones is 1. The van der Waals surface area contributed by atoms with Crippen molar-refractivity contribution in [1.82, 2.24) is 9.47 Å². The van der Waals surface area contributed by atoms with Crippen LogP contribution in [0.2, 0.25) is 5.02 Å². The van der Waals surface area contributed by atoms with Gasteiger partial charge in [-0.3, -0.25) is 9.36 Å². The molecule has 1 saturated heterocycles. The molecule has 158 valence electrons. The molecule has 1 aliphatic heterocycles. The molecule has 0 saturated carbocycles. The molecule has 2 aromatic carbocycles. The monoisotopic (exact) mass is 426 g/mol. The zero-order valence-electron chi connectivity index (χ0n) is 17.3. The molecular weight excluding hydrogens is 400 g/mol. The molecule has 1 aliphatic rings. The average molecular weight is 427 g/mol. The van der Waals surface area contributed by atoms with E-state index in [4.69, 9.17) is 16.0 Å². The predicted octanol–water partition coefficient (Wildman–Crippen LogP) is 4.70. The van der Waals surface area contributed by atoms with E-state index in [1.54, 1.807) is 19.2 Å². The number of fused-ring (bicyclic) bond motifs is 1. The van der Waals surface area contributed by atoms with E-state index in [1.165, 1.54) is 10.1 Å². The van der Waals surface area contributed by atoms with Gasteiger partial charge in [-0.15, -0.1) is 0 Å². The van der Waals surface area contributed by atoms with E-state index in [0.717, 1.165) is 62.8 Å². The van der Waals surface area contributed by atoms with E-state index in [0.29, 0.717) is 10.6 Å². The molecule has 0 radical (unpaired) electrons. The van der Waals surface area contributed by atoms with Gasteiger partial charge in [-0.25, -0.2) is 4.79 Å². The van der Waals surface area contributed by atoms with Crippen molar-refractivity contribution in [1.29, 1.82) is 0 Å². The molecule has 0 atom stereocenters. The SMILES string of the molecule is Cn1c(=O)oc2cc(CCCCN3CCC(C(=O)c4ccc(Cl)cc4)CC3)ccc21. The largest absolute Gasteiger partial charge is 0.419 e. The Kier molecular flexibility index (Phi) is 6.40. The van der Waals surface area contributed by atoms with Crippen LogP contribution in [0.5, 0.6) is 0 Å². The van der Waals surface area contributed by atoms with Crippen LogP contribution in [-0.4, -0.2) is 34.9 Å². The van der Waals surface area contributed by atoms with Gasteiger partial charge in [0.1, 0.15) is 0 Å². The molecule has 0 unspecified atom stereocenters. The summed E-state index contributed by atoms with van der Waals surface area (Å²) in [4.78, 5) is 26.7. The second kappa shape index (κ2) is 9.19. The maximum atomic E-state index is 12.7. The van der Waals surface area contributed by atoms with Crippen LogP contribution in [0.4, 0.5) is 0 Å². The van der Waals surface area contributed by atoms with Gasteiger partial charge in [-0.05, 0) is 93.7 Å². The summed E-state index contributed by atoms with van der Waals surface area (Å²) in [6.07, 6.45) is 5.02. The highest BCUT2D eigenvalue weighted by atomic mass is 35.5. The molecule has 3 aromatic rings. The minimum absolute atomic E-state index is 0.120. The fraction of sp³-hybridized carbons (Fsp3) is 0.417. The summed E-state index contributed by atoms with van der Waals surface area (Å²) in [5.41, 5.74) is 3.46. The molecule has 1 fully saturated rings. The first-order chi connectivity index (χ1) is 14.5. The van der Waals surface area contributed by atoms with Crippen LogP contribution in [0.25, 0.3) is 11.1 Å². The lowest BCUT2D eigenvalue weighted by Crippen LogP contribution is -2.36. The third-order valence-corrected chi connectivity index (χ3v) is 6.39. The number of carbonyl (C=O) groups excluding carboxylic acids is 1. The molecule has 0 amide bonds. The molecule has 1 aromatic heterocycles. The maximum Gasteiger partial charge on any atom is 0.419 e. The van der Waals surface area contributed by atoms with Crippen molar-refractivity contribution >= 4 is 28.5 Å². The maximum absolute atomic E-state index is 12.7. The van der Waals surface area contributed by atoms with Gasteiger partial charge in [-0.1, -0.05) is 17.7 Å². The summed E-state index contributed by atoms with van der Waals surface area (Å²) in [5.74, 6) is 0.0454. The number of rotatable bonds is 7. The van der Waals surface area contributed by atoms with E-state index in [1.807, 2.05) is 24.3 Å². The zero-order valence-corrected chi connectivity index (χ0v) is 18.0. The summed E-state index contributed by atoms with van der Waals surface area (Å²) >= 11 is 5.92. The van der Waals surface area contributed by atoms with Crippen LogP contribution >= 0.6 is 11.6 Å². The van der Waals surface area contributed by atoms with Crippen molar-refractivity contribution in [2.45, 2.75) is 32.1 Å². The highest BCUT2D eigenvalue weighted by Gasteiger charge is 2.25. The van der Waals surface area contributed by atoms with Crippen molar-refractivity contribution in [3.05, 3.63) is 69.2 Å². The van der Waals surface area contributed by atoms with Gasteiger partial charge in [-0.2, -0.15) is 0 Å². The van der Waals surface area contributed by atoms with Gasteiger partial charge >= 0.3 is 5.76 Å². The van der Waals surface area contributed by atoms with E-state index in [2.05, 4.69) is 11.0 Å². The Bertz CT molecular complexity index is 1080. The number of oxazole rings is 1. The third-order valence-electron chi connectivity index (χ3n) is 6.13. The lowest BCUT2D eigenvalue weighted by Gasteiger charge is -2.31. The van der Waals surface area contributed by atoms with Crippen molar-refractivity contribution in [3.8, 4) is 0 Å². The van der Waals surface area contributed by atoms with Crippen LogP contribution in [0.3, 0.4) is 0 Å². The van der Waals surface area contributed by atoms with Crippen LogP contribution in [0, 0.1) is 5.92 Å². The fourth-order valence-electron chi connectivity index (χ4n) is 4.27. The number of carbonyl (C=O) groups is 1. The number of unbranched alkanes of at least 4 members (excludes halogenated alkanes) is 1. The first-order valence-electron chi connectivity index (χ1n) is 10.6. The van der Waals surface area contributed by atoms with Crippen molar-refractivity contribution in [2.75, 3.05) is 19.6 Å². The Morgan fingerprint density at radius 1 is 1.10 bits per heavy atom. The van der Waals surface area contributed by atoms with Crippen molar-refractivity contribution in [2.24, 2.45) is 13.0 Å². The van der Waals surface area contributed by atoms with Crippen molar-refractivity contribution in [3.63, 3.8) is 0 Å². The van der Waals surface area contributed by atoms with Gasteiger partial charge < -0.3 is 9.32 Å². The lowest BCUT2D eigenvalue weighted by atomic mass is 9.89. The lowest BCUT2D eigenvalue weighted by molar-refractivity contribution is 0.0839. The van der Waals surface area contributed by atoms with Crippen LogP contribution in [0.1, 0.15) is 41.6 Å². The number of hydrogen-bond acceptors (Lipinski definition) is 4. The van der Waals surface area contributed by atoms with E-state index in [9.17, 15) is 9.59 Å². The summed E-state index contributed by atoms with van der Waals surface area (Å²) in [7, 11) is 1.72. The van der Waals surface area contributed by atoms with Crippen LogP contribution in [0.15, 0.2) is 51.7 Å². The summed E-state index contributed by atoms with van der Waals surface area (Å²) in [6.45, 7) is 3.01. The van der Waals surface area contributed by atoms with E-state index in [-0.39, 0.29) is 17.5 Å². The molecule has 0 spiro atoms. The zero-order chi connectivity index (χ0) is 21.1. The van der Waals surface area contributed by atoms with Crippen LogP contribution < -0.4 is 5.76 Å². The highest BCUT2D eigenvalue weighted by Crippen LogP contribution is 2.23. The Morgan fingerprint density at radius 2 is 1.83 bits per heavy atom. The number of nitrogens with zero attached hydrogens (tertiary/aromatic N) is 2. The summed E-state index contributed by atoms with van der Waals surface area (Å²) < 4.78 is 6.80. The van der Waals surface area contributed by atoms with Gasteiger partial charge in [0, 0.05) is 23.6 Å². The first-order valence-corrected chi connectivity index (χ1v) is 11.0.